The van der Waals surface area contributed by atoms with Gasteiger partial charge in [-0.15, -0.1) is 0 Å². The van der Waals surface area contributed by atoms with Crippen LogP contribution in [0.3, 0.4) is 0 Å². The van der Waals surface area contributed by atoms with E-state index >= 15 is 0 Å². The summed E-state index contributed by atoms with van der Waals surface area (Å²) >= 11 is 0. The Hall–Kier alpha value is -0.650. The van der Waals surface area contributed by atoms with Crippen LogP contribution >= 0.6 is 0 Å². The molecule has 0 bridgehead atoms. The lowest BCUT2D eigenvalue weighted by molar-refractivity contribution is -0.128. The molecule has 0 saturated carbocycles. The number of likely N-dealkylation sites (tertiary alicyclic amines) is 1. The smallest absolute Gasteiger partial charge is 0.251 e. The molecule has 1 amide bonds. The van der Waals surface area contributed by atoms with Crippen molar-refractivity contribution in [3.8, 4) is 0 Å². The van der Waals surface area contributed by atoms with Gasteiger partial charge >= 0.3 is 0 Å². The molecule has 1 heterocycles. The molecule has 0 spiro atoms. The van der Waals surface area contributed by atoms with Crippen molar-refractivity contribution in [3.63, 3.8) is 0 Å². The molecule has 5 nitrogen and oxygen atoms in total. The summed E-state index contributed by atoms with van der Waals surface area (Å²) in [5.41, 5.74) is 2.30. The lowest BCUT2D eigenvalue weighted by Gasteiger charge is -2.38. The lowest BCUT2D eigenvalue weighted by atomic mass is 9.92. The monoisotopic (exact) mass is 256 g/mol. The van der Waals surface area contributed by atoms with E-state index in [4.69, 9.17) is 5.84 Å². The molecule has 18 heavy (non-hydrogen) atoms. The van der Waals surface area contributed by atoms with Gasteiger partial charge in [-0.1, -0.05) is 13.8 Å². The van der Waals surface area contributed by atoms with Crippen LogP contribution in [0.5, 0.6) is 0 Å². The summed E-state index contributed by atoms with van der Waals surface area (Å²) in [5.74, 6) is 6.26. The van der Waals surface area contributed by atoms with Crippen LogP contribution in [0.15, 0.2) is 0 Å². The normalized spacial score (nSPS) is 20.4. The van der Waals surface area contributed by atoms with E-state index < -0.39 is 0 Å². The zero-order valence-electron chi connectivity index (χ0n) is 12.1. The van der Waals surface area contributed by atoms with Gasteiger partial charge in [0.25, 0.3) is 5.91 Å². The summed E-state index contributed by atoms with van der Waals surface area (Å²) in [5, 5.41) is 0. The van der Waals surface area contributed by atoms with Crippen LogP contribution in [-0.4, -0.2) is 55.5 Å². The molecule has 1 aliphatic rings. The first-order valence-electron chi connectivity index (χ1n) is 6.85. The highest BCUT2D eigenvalue weighted by atomic mass is 16.2. The van der Waals surface area contributed by atoms with Crippen LogP contribution in [-0.2, 0) is 4.79 Å². The van der Waals surface area contributed by atoms with Gasteiger partial charge in [-0.25, -0.2) is 5.84 Å². The Bertz CT molecular complexity index is 260. The highest BCUT2D eigenvalue weighted by Gasteiger charge is 2.31. The molecule has 0 aromatic carbocycles. The largest absolute Gasteiger partial charge is 0.309 e. The number of hydrazine groups is 1. The van der Waals surface area contributed by atoms with Gasteiger partial charge in [-0.05, 0) is 51.9 Å². The van der Waals surface area contributed by atoms with Crippen molar-refractivity contribution < 1.29 is 4.79 Å². The van der Waals surface area contributed by atoms with Gasteiger partial charge in [0, 0.05) is 6.54 Å². The minimum atomic E-state index is -0.0877. The minimum absolute atomic E-state index is 0.0592. The maximum absolute atomic E-state index is 11.8. The molecule has 0 radical (unpaired) electrons. The number of hydrogen-bond donors (Lipinski definition) is 2. The van der Waals surface area contributed by atoms with Gasteiger partial charge in [-0.2, -0.15) is 0 Å². The second kappa shape index (κ2) is 7.07. The summed E-state index contributed by atoms with van der Waals surface area (Å²) < 4.78 is 0. The van der Waals surface area contributed by atoms with E-state index in [0.29, 0.717) is 5.92 Å². The first-order valence-corrected chi connectivity index (χ1v) is 6.85. The molecular weight excluding hydrogens is 228 g/mol. The SMILES string of the molecule is CC(C)C(C(=O)NN)N1CCC(CN(C)C)CC1. The van der Waals surface area contributed by atoms with Crippen molar-refractivity contribution in [3.05, 3.63) is 0 Å². The van der Waals surface area contributed by atoms with Crippen molar-refractivity contribution in [2.75, 3.05) is 33.7 Å². The van der Waals surface area contributed by atoms with Crippen LogP contribution in [0.25, 0.3) is 0 Å². The lowest BCUT2D eigenvalue weighted by Crippen LogP contribution is -2.54. The first-order chi connectivity index (χ1) is 8.45. The van der Waals surface area contributed by atoms with E-state index in [1.807, 2.05) is 0 Å². The van der Waals surface area contributed by atoms with Crippen LogP contribution < -0.4 is 11.3 Å². The Morgan fingerprint density at radius 1 is 1.39 bits per heavy atom. The molecule has 0 aromatic rings. The van der Waals surface area contributed by atoms with Gasteiger partial charge in [0.15, 0.2) is 0 Å². The second-order valence-corrected chi connectivity index (χ2v) is 5.94. The molecule has 3 N–H and O–H groups in total. The fraction of sp³-hybridized carbons (Fsp3) is 0.923. The zero-order valence-corrected chi connectivity index (χ0v) is 12.1. The molecule has 1 atom stereocenters. The summed E-state index contributed by atoms with van der Waals surface area (Å²) in [6, 6.07) is -0.0877. The van der Waals surface area contributed by atoms with Crippen molar-refractivity contribution in [2.24, 2.45) is 17.7 Å². The standard InChI is InChI=1S/C13H28N4O/c1-10(2)12(13(18)15-14)17-7-5-11(6-8-17)9-16(3)4/h10-12H,5-9,14H2,1-4H3,(H,15,18). The average Bonchev–Trinajstić information content (AvgIpc) is 2.30. The van der Waals surface area contributed by atoms with E-state index in [1.165, 1.54) is 12.8 Å². The third-order valence-corrected chi connectivity index (χ3v) is 3.71. The van der Waals surface area contributed by atoms with E-state index in [2.05, 4.69) is 43.2 Å². The predicted molar refractivity (Wildman–Crippen MR) is 73.8 cm³/mol. The number of amides is 1. The number of piperidine rings is 1. The first kappa shape index (κ1) is 15.4. The number of carbonyl (C=O) groups is 1. The summed E-state index contributed by atoms with van der Waals surface area (Å²) in [6.07, 6.45) is 2.33. The Labute approximate surface area is 111 Å². The fourth-order valence-corrected chi connectivity index (χ4v) is 2.91. The van der Waals surface area contributed by atoms with Crippen molar-refractivity contribution in [2.45, 2.75) is 32.7 Å². The third kappa shape index (κ3) is 4.23. The molecule has 1 rings (SSSR count). The maximum Gasteiger partial charge on any atom is 0.251 e. The van der Waals surface area contributed by atoms with Gasteiger partial charge in [-0.3, -0.25) is 15.1 Å². The minimum Gasteiger partial charge on any atom is -0.309 e. The Morgan fingerprint density at radius 3 is 2.33 bits per heavy atom. The molecule has 1 saturated heterocycles. The van der Waals surface area contributed by atoms with Crippen LogP contribution in [0.2, 0.25) is 0 Å². The number of rotatable bonds is 5. The fourth-order valence-electron chi connectivity index (χ4n) is 2.91. The van der Waals surface area contributed by atoms with Crippen LogP contribution in [0, 0.1) is 11.8 Å². The van der Waals surface area contributed by atoms with Crippen molar-refractivity contribution in [1.82, 2.24) is 15.2 Å². The molecular formula is C13H28N4O. The highest BCUT2D eigenvalue weighted by Crippen LogP contribution is 2.22. The molecule has 1 aliphatic heterocycles. The summed E-state index contributed by atoms with van der Waals surface area (Å²) in [4.78, 5) is 16.3. The number of nitrogens with one attached hydrogen (secondary N) is 1. The van der Waals surface area contributed by atoms with E-state index in [9.17, 15) is 4.79 Å². The maximum atomic E-state index is 11.8. The second-order valence-electron chi connectivity index (χ2n) is 5.94. The van der Waals surface area contributed by atoms with Gasteiger partial charge in [0.2, 0.25) is 0 Å². The predicted octanol–water partition coefficient (Wildman–Crippen LogP) is 0.275. The number of nitrogens with two attached hydrogens (primary N) is 1. The van der Waals surface area contributed by atoms with E-state index in [-0.39, 0.29) is 11.9 Å². The Kier molecular flexibility index (Phi) is 6.05. The number of carbonyl (C=O) groups excluding carboxylic acids is 1. The van der Waals surface area contributed by atoms with E-state index in [0.717, 1.165) is 25.6 Å². The zero-order chi connectivity index (χ0) is 13.7. The van der Waals surface area contributed by atoms with Crippen molar-refractivity contribution in [1.29, 1.82) is 0 Å². The quantitative estimate of drug-likeness (QED) is 0.421. The van der Waals surface area contributed by atoms with Gasteiger partial charge < -0.3 is 4.90 Å². The highest BCUT2D eigenvalue weighted by molar-refractivity contribution is 5.81. The number of nitrogens with zero attached hydrogens (tertiary/aromatic N) is 2. The number of hydrogen-bond acceptors (Lipinski definition) is 4. The molecule has 1 fully saturated rings. The van der Waals surface area contributed by atoms with Gasteiger partial charge in [0.1, 0.15) is 0 Å². The summed E-state index contributed by atoms with van der Waals surface area (Å²) in [7, 11) is 4.23. The third-order valence-electron chi connectivity index (χ3n) is 3.71. The molecule has 1 unspecified atom stereocenters. The van der Waals surface area contributed by atoms with Crippen molar-refractivity contribution >= 4 is 5.91 Å². The topological polar surface area (TPSA) is 61.6 Å². The van der Waals surface area contributed by atoms with Crippen LogP contribution in [0.1, 0.15) is 26.7 Å². The van der Waals surface area contributed by atoms with Crippen LogP contribution in [0.4, 0.5) is 0 Å². The van der Waals surface area contributed by atoms with E-state index in [1.54, 1.807) is 0 Å². The molecule has 0 aliphatic carbocycles. The van der Waals surface area contributed by atoms with Gasteiger partial charge in [0.05, 0.1) is 6.04 Å². The molecule has 0 aromatic heterocycles. The Balaban J connectivity index is 2.51. The molecule has 106 valence electrons. The molecule has 5 heteroatoms. The summed E-state index contributed by atoms with van der Waals surface area (Å²) in [6.45, 7) is 7.28. The Morgan fingerprint density at radius 2 is 1.94 bits per heavy atom. The average molecular weight is 256 g/mol.